The van der Waals surface area contributed by atoms with Crippen molar-refractivity contribution in [2.24, 2.45) is 11.3 Å². The molecule has 3 rings (SSSR count). The molecule has 1 aromatic carbocycles. The average Bonchev–Trinajstić information content (AvgIpc) is 3.40. The summed E-state index contributed by atoms with van der Waals surface area (Å²) in [6.07, 6.45) is 0.636. The van der Waals surface area contributed by atoms with E-state index in [1.807, 2.05) is 71.3 Å². The molecule has 0 radical (unpaired) electrons. The van der Waals surface area contributed by atoms with Crippen LogP contribution in [-0.2, 0) is 20.8 Å². The first-order valence-corrected chi connectivity index (χ1v) is 13.5. The van der Waals surface area contributed by atoms with E-state index in [1.54, 1.807) is 11.3 Å². The molecule has 2 N–H and O–H groups in total. The number of hydrogen-bond donors (Lipinski definition) is 2. The minimum Gasteiger partial charge on any atom is -0.391 e. The first-order chi connectivity index (χ1) is 16.9. The maximum atomic E-state index is 13.6. The molecule has 0 aliphatic carbocycles. The van der Waals surface area contributed by atoms with Gasteiger partial charge in [0.05, 0.1) is 28.2 Å². The molecular weight excluding hydrogens is 474 g/mol. The summed E-state index contributed by atoms with van der Waals surface area (Å²) in [5.41, 5.74) is 4.44. The molecule has 0 spiro atoms. The topological polar surface area (TPSA) is 99.6 Å². The maximum absolute atomic E-state index is 13.6. The first kappa shape index (κ1) is 28.0. The quantitative estimate of drug-likeness (QED) is 0.525. The van der Waals surface area contributed by atoms with Gasteiger partial charge in [-0.25, -0.2) is 4.98 Å². The van der Waals surface area contributed by atoms with E-state index in [2.05, 4.69) is 10.3 Å². The zero-order valence-electron chi connectivity index (χ0n) is 22.2. The number of thiazole rings is 1. The molecule has 0 bridgehead atoms. The van der Waals surface area contributed by atoms with Gasteiger partial charge in [-0.3, -0.25) is 14.4 Å². The van der Waals surface area contributed by atoms with Crippen molar-refractivity contribution in [2.75, 3.05) is 6.54 Å². The Morgan fingerprint density at radius 1 is 1.19 bits per heavy atom. The van der Waals surface area contributed by atoms with Crippen molar-refractivity contribution in [1.29, 1.82) is 0 Å². The van der Waals surface area contributed by atoms with Gasteiger partial charge in [-0.05, 0) is 35.8 Å². The zero-order valence-corrected chi connectivity index (χ0v) is 23.0. The Morgan fingerprint density at radius 2 is 1.86 bits per heavy atom. The van der Waals surface area contributed by atoms with Crippen LogP contribution in [0.25, 0.3) is 10.4 Å². The van der Waals surface area contributed by atoms with Crippen LogP contribution in [0, 0.1) is 18.3 Å². The molecule has 1 aliphatic heterocycles. The molecule has 196 valence electrons. The Hall–Kier alpha value is -2.58. The molecule has 2 amide bonds. The number of benzene rings is 1. The largest absolute Gasteiger partial charge is 0.391 e. The van der Waals surface area contributed by atoms with E-state index in [-0.39, 0.29) is 42.9 Å². The number of rotatable bonds is 9. The van der Waals surface area contributed by atoms with Gasteiger partial charge in [-0.1, -0.05) is 58.9 Å². The molecule has 0 saturated carbocycles. The van der Waals surface area contributed by atoms with Crippen LogP contribution in [0.5, 0.6) is 0 Å². The summed E-state index contributed by atoms with van der Waals surface area (Å²) in [4.78, 5) is 46.2. The molecule has 2 aromatic rings. The lowest BCUT2D eigenvalue weighted by atomic mass is 9.85. The zero-order chi connectivity index (χ0) is 26.6. The van der Waals surface area contributed by atoms with Gasteiger partial charge in [-0.15, -0.1) is 11.3 Å². The van der Waals surface area contributed by atoms with Crippen molar-refractivity contribution < 1.29 is 19.5 Å². The number of ketones is 1. The molecule has 3 atom stereocenters. The third-order valence-corrected chi connectivity index (χ3v) is 7.55. The van der Waals surface area contributed by atoms with E-state index in [4.69, 9.17) is 0 Å². The fraction of sp³-hybridized carbons (Fsp3) is 0.571. The molecule has 1 aliphatic rings. The number of aryl methyl sites for hydroxylation is 2. The maximum Gasteiger partial charge on any atom is 0.246 e. The normalized spacial score (nSPS) is 18.9. The number of aromatic nitrogens is 1. The fourth-order valence-electron chi connectivity index (χ4n) is 4.60. The summed E-state index contributed by atoms with van der Waals surface area (Å²) in [6.45, 7) is 11.7. The minimum absolute atomic E-state index is 0.0663. The van der Waals surface area contributed by atoms with Gasteiger partial charge in [0.2, 0.25) is 11.8 Å². The van der Waals surface area contributed by atoms with Gasteiger partial charge in [-0.2, -0.15) is 0 Å². The number of amides is 2. The summed E-state index contributed by atoms with van der Waals surface area (Å²) in [5, 5.41) is 13.2. The highest BCUT2D eigenvalue weighted by atomic mass is 32.1. The number of Topliss-reactive ketones (excluding diaryl/α,β-unsaturated/α-hetero) is 1. The highest BCUT2D eigenvalue weighted by molar-refractivity contribution is 7.13. The minimum atomic E-state index is -0.771. The van der Waals surface area contributed by atoms with Crippen molar-refractivity contribution in [3.63, 3.8) is 0 Å². The molecule has 36 heavy (non-hydrogen) atoms. The second kappa shape index (κ2) is 11.6. The number of nitrogens with zero attached hydrogens (tertiary/aromatic N) is 2. The lowest BCUT2D eigenvalue weighted by molar-refractivity contribution is -0.143. The van der Waals surface area contributed by atoms with E-state index in [9.17, 15) is 19.5 Å². The SMILES string of the molecule is Cc1ncsc1-c1ccc(CCC(=O)[C@@H]2C[C@@H](O)CN2C(=O)[C@@H](NC(=O)CC(C)C)C(C)(C)C)cc1. The molecular formula is C28H39N3O4S. The van der Waals surface area contributed by atoms with Crippen LogP contribution in [0.4, 0.5) is 0 Å². The molecule has 1 aromatic heterocycles. The van der Waals surface area contributed by atoms with Crippen LogP contribution in [0.1, 0.15) is 65.1 Å². The second-order valence-electron chi connectivity index (χ2n) is 11.3. The Kier molecular flexibility index (Phi) is 9.06. The monoisotopic (exact) mass is 513 g/mol. The molecule has 1 fully saturated rings. The lowest BCUT2D eigenvalue weighted by Gasteiger charge is -2.35. The molecule has 0 unspecified atom stereocenters. The van der Waals surface area contributed by atoms with Crippen molar-refractivity contribution in [3.8, 4) is 10.4 Å². The van der Waals surface area contributed by atoms with E-state index in [1.165, 1.54) is 4.90 Å². The third kappa shape index (κ3) is 7.01. The Morgan fingerprint density at radius 3 is 2.42 bits per heavy atom. The van der Waals surface area contributed by atoms with Crippen molar-refractivity contribution in [2.45, 2.75) is 85.4 Å². The number of aliphatic hydroxyl groups is 1. The second-order valence-corrected chi connectivity index (χ2v) is 12.1. The average molecular weight is 514 g/mol. The standard InChI is InChI=1S/C28H39N3O4S/c1-17(2)13-24(34)30-26(28(4,5)6)27(35)31-15-21(32)14-22(31)23(33)12-9-19-7-10-20(11-8-19)25-18(3)29-16-36-25/h7-8,10-11,16-17,21-22,26,32H,9,12-15H2,1-6H3,(H,30,34)/t21-,22+,26-/m1/s1. The predicted molar refractivity (Wildman–Crippen MR) is 143 cm³/mol. The third-order valence-electron chi connectivity index (χ3n) is 6.57. The Balaban J connectivity index is 1.67. The number of aliphatic hydroxyl groups excluding tert-OH is 1. The summed E-state index contributed by atoms with van der Waals surface area (Å²) >= 11 is 1.60. The highest BCUT2D eigenvalue weighted by Gasteiger charge is 2.44. The fourth-order valence-corrected chi connectivity index (χ4v) is 5.42. The summed E-state index contributed by atoms with van der Waals surface area (Å²) < 4.78 is 0. The van der Waals surface area contributed by atoms with E-state index in [0.29, 0.717) is 12.8 Å². The van der Waals surface area contributed by atoms with Crippen LogP contribution < -0.4 is 5.32 Å². The summed E-state index contributed by atoms with van der Waals surface area (Å²) in [5.74, 6) is -0.385. The van der Waals surface area contributed by atoms with E-state index in [0.717, 1.165) is 21.7 Å². The molecule has 8 heteroatoms. The van der Waals surface area contributed by atoms with Crippen molar-refractivity contribution in [3.05, 3.63) is 41.0 Å². The molecule has 7 nitrogen and oxygen atoms in total. The lowest BCUT2D eigenvalue weighted by Crippen LogP contribution is -2.56. The van der Waals surface area contributed by atoms with Gasteiger partial charge in [0.1, 0.15) is 6.04 Å². The predicted octanol–water partition coefficient (Wildman–Crippen LogP) is 4.16. The molecule has 2 heterocycles. The van der Waals surface area contributed by atoms with E-state index >= 15 is 0 Å². The van der Waals surface area contributed by atoms with Gasteiger partial charge >= 0.3 is 0 Å². The Bertz CT molecular complexity index is 1070. The number of carbonyl (C=O) groups is 3. The Labute approximate surface area is 218 Å². The number of nitrogens with one attached hydrogen (secondary N) is 1. The molecule has 1 saturated heterocycles. The van der Waals surface area contributed by atoms with Crippen LogP contribution in [0.15, 0.2) is 29.8 Å². The van der Waals surface area contributed by atoms with Crippen LogP contribution in [0.3, 0.4) is 0 Å². The number of likely N-dealkylation sites (tertiary alicyclic amines) is 1. The van der Waals surface area contributed by atoms with Gasteiger partial charge in [0.25, 0.3) is 0 Å². The first-order valence-electron chi connectivity index (χ1n) is 12.7. The summed E-state index contributed by atoms with van der Waals surface area (Å²) in [7, 11) is 0. The summed E-state index contributed by atoms with van der Waals surface area (Å²) in [6, 6.07) is 6.68. The smallest absolute Gasteiger partial charge is 0.246 e. The number of carbonyl (C=O) groups excluding carboxylic acids is 3. The van der Waals surface area contributed by atoms with Gasteiger partial charge < -0.3 is 15.3 Å². The van der Waals surface area contributed by atoms with Gasteiger partial charge in [0, 0.05) is 25.8 Å². The van der Waals surface area contributed by atoms with Gasteiger partial charge in [0.15, 0.2) is 5.78 Å². The number of β-amino-alcohol motifs (C(OH)–C–C–N with tert-alkyl or cyclic N) is 1. The number of hydrogen-bond acceptors (Lipinski definition) is 6. The van der Waals surface area contributed by atoms with Crippen LogP contribution in [-0.4, -0.2) is 57.3 Å². The van der Waals surface area contributed by atoms with Crippen molar-refractivity contribution in [1.82, 2.24) is 15.2 Å². The highest BCUT2D eigenvalue weighted by Crippen LogP contribution is 2.29. The van der Waals surface area contributed by atoms with Crippen LogP contribution in [0.2, 0.25) is 0 Å². The van der Waals surface area contributed by atoms with E-state index < -0.39 is 23.6 Å². The van der Waals surface area contributed by atoms with Crippen LogP contribution >= 0.6 is 11.3 Å². The van der Waals surface area contributed by atoms with Crippen molar-refractivity contribution >= 4 is 28.9 Å².